The van der Waals surface area contributed by atoms with E-state index < -0.39 is 0 Å². The van der Waals surface area contributed by atoms with Crippen molar-refractivity contribution in [2.24, 2.45) is 11.8 Å². The molecule has 104 valence electrons. The van der Waals surface area contributed by atoms with Crippen molar-refractivity contribution in [2.45, 2.75) is 58.4 Å². The van der Waals surface area contributed by atoms with Crippen LogP contribution in [0.4, 0.5) is 0 Å². The molecule has 1 amide bonds. The largest absolute Gasteiger partial charge is 0.339 e. The Morgan fingerprint density at radius 1 is 1.17 bits per heavy atom. The molecule has 0 aromatic rings. The second kappa shape index (κ2) is 6.55. The first kappa shape index (κ1) is 13.9. The second-order valence-corrected chi connectivity index (χ2v) is 6.35. The van der Waals surface area contributed by atoms with Gasteiger partial charge < -0.3 is 10.2 Å². The van der Waals surface area contributed by atoms with Gasteiger partial charge >= 0.3 is 0 Å². The van der Waals surface area contributed by atoms with Gasteiger partial charge in [-0.25, -0.2) is 0 Å². The molecule has 0 bridgehead atoms. The van der Waals surface area contributed by atoms with Gasteiger partial charge in [-0.3, -0.25) is 4.79 Å². The van der Waals surface area contributed by atoms with E-state index in [0.717, 1.165) is 32.5 Å². The SMILES string of the molecule is CC(C)CN(C(=O)C1CCNCC1)C1CCCC1. The summed E-state index contributed by atoms with van der Waals surface area (Å²) in [7, 11) is 0. The number of carbonyl (C=O) groups excluding carboxylic acids is 1. The van der Waals surface area contributed by atoms with Crippen molar-refractivity contribution < 1.29 is 4.79 Å². The highest BCUT2D eigenvalue weighted by molar-refractivity contribution is 5.79. The zero-order chi connectivity index (χ0) is 13.0. The maximum absolute atomic E-state index is 12.7. The molecule has 2 fully saturated rings. The van der Waals surface area contributed by atoms with Gasteiger partial charge in [0.2, 0.25) is 5.91 Å². The summed E-state index contributed by atoms with van der Waals surface area (Å²) in [6.45, 7) is 7.41. The summed E-state index contributed by atoms with van der Waals surface area (Å²) < 4.78 is 0. The standard InChI is InChI=1S/C15H28N2O/c1-12(2)11-17(14-5-3-4-6-14)15(18)13-7-9-16-10-8-13/h12-14,16H,3-11H2,1-2H3. The molecule has 0 spiro atoms. The minimum atomic E-state index is 0.283. The van der Waals surface area contributed by atoms with Crippen LogP contribution in [-0.4, -0.2) is 36.5 Å². The van der Waals surface area contributed by atoms with Gasteiger partial charge in [-0.15, -0.1) is 0 Å². The third-order valence-corrected chi connectivity index (χ3v) is 4.30. The molecule has 3 nitrogen and oxygen atoms in total. The third kappa shape index (κ3) is 3.47. The molecule has 0 aromatic heterocycles. The predicted octanol–water partition coefficient (Wildman–Crippen LogP) is 2.41. The van der Waals surface area contributed by atoms with E-state index in [4.69, 9.17) is 0 Å². The molecule has 0 aromatic carbocycles. The van der Waals surface area contributed by atoms with E-state index in [-0.39, 0.29) is 5.92 Å². The van der Waals surface area contributed by atoms with Crippen LogP contribution in [0.25, 0.3) is 0 Å². The lowest BCUT2D eigenvalue weighted by Gasteiger charge is -2.35. The highest BCUT2D eigenvalue weighted by atomic mass is 16.2. The number of rotatable bonds is 4. The van der Waals surface area contributed by atoms with Crippen molar-refractivity contribution in [1.29, 1.82) is 0 Å². The first-order chi connectivity index (χ1) is 8.68. The quantitative estimate of drug-likeness (QED) is 0.833. The minimum absolute atomic E-state index is 0.283. The van der Waals surface area contributed by atoms with Crippen LogP contribution in [-0.2, 0) is 4.79 Å². The maximum atomic E-state index is 12.7. The smallest absolute Gasteiger partial charge is 0.226 e. The number of hydrogen-bond acceptors (Lipinski definition) is 2. The lowest BCUT2D eigenvalue weighted by molar-refractivity contribution is -0.139. The average molecular weight is 252 g/mol. The Morgan fingerprint density at radius 3 is 2.33 bits per heavy atom. The van der Waals surface area contributed by atoms with Crippen LogP contribution in [0.5, 0.6) is 0 Å². The molecule has 2 aliphatic rings. The summed E-state index contributed by atoms with van der Waals surface area (Å²) in [4.78, 5) is 14.9. The maximum Gasteiger partial charge on any atom is 0.226 e. The molecule has 0 radical (unpaired) electrons. The number of piperidine rings is 1. The van der Waals surface area contributed by atoms with Crippen LogP contribution in [0.3, 0.4) is 0 Å². The lowest BCUT2D eigenvalue weighted by atomic mass is 9.95. The van der Waals surface area contributed by atoms with Crippen LogP contribution in [0.15, 0.2) is 0 Å². The van der Waals surface area contributed by atoms with Crippen LogP contribution >= 0.6 is 0 Å². The Balaban J connectivity index is 1.99. The van der Waals surface area contributed by atoms with Gasteiger partial charge in [0.1, 0.15) is 0 Å². The van der Waals surface area contributed by atoms with Crippen molar-refractivity contribution in [3.8, 4) is 0 Å². The molecular formula is C15H28N2O. The van der Waals surface area contributed by atoms with Crippen LogP contribution in [0.2, 0.25) is 0 Å². The van der Waals surface area contributed by atoms with Gasteiger partial charge in [-0.1, -0.05) is 26.7 Å². The number of nitrogens with one attached hydrogen (secondary N) is 1. The van der Waals surface area contributed by atoms with Crippen molar-refractivity contribution in [2.75, 3.05) is 19.6 Å². The van der Waals surface area contributed by atoms with E-state index in [1.165, 1.54) is 25.7 Å². The molecule has 1 N–H and O–H groups in total. The van der Waals surface area contributed by atoms with E-state index in [1.807, 2.05) is 0 Å². The molecular weight excluding hydrogens is 224 g/mol. The first-order valence-corrected chi connectivity index (χ1v) is 7.69. The normalized spacial score (nSPS) is 22.6. The topological polar surface area (TPSA) is 32.3 Å². The van der Waals surface area contributed by atoms with Gasteiger partial charge in [-0.05, 0) is 44.7 Å². The fourth-order valence-electron chi connectivity index (χ4n) is 3.33. The fourth-order valence-corrected chi connectivity index (χ4v) is 3.33. The molecule has 0 unspecified atom stereocenters. The highest BCUT2D eigenvalue weighted by Gasteiger charge is 2.32. The monoisotopic (exact) mass is 252 g/mol. The fraction of sp³-hybridized carbons (Fsp3) is 0.933. The zero-order valence-electron chi connectivity index (χ0n) is 12.0. The molecule has 18 heavy (non-hydrogen) atoms. The zero-order valence-corrected chi connectivity index (χ0v) is 12.0. The van der Waals surface area contributed by atoms with E-state index in [0.29, 0.717) is 17.9 Å². The number of amides is 1. The van der Waals surface area contributed by atoms with Crippen LogP contribution in [0, 0.1) is 11.8 Å². The number of nitrogens with zero attached hydrogens (tertiary/aromatic N) is 1. The average Bonchev–Trinajstić information content (AvgIpc) is 2.89. The Labute approximate surface area is 111 Å². The van der Waals surface area contributed by atoms with Crippen molar-refractivity contribution in [3.05, 3.63) is 0 Å². The summed E-state index contributed by atoms with van der Waals surface area (Å²) in [5.74, 6) is 1.30. The summed E-state index contributed by atoms with van der Waals surface area (Å²) in [6, 6.07) is 0.537. The van der Waals surface area contributed by atoms with E-state index in [2.05, 4.69) is 24.1 Å². The summed E-state index contributed by atoms with van der Waals surface area (Å²) >= 11 is 0. The molecule has 0 atom stereocenters. The molecule has 1 saturated heterocycles. The summed E-state index contributed by atoms with van der Waals surface area (Å²) in [5.41, 5.74) is 0. The van der Waals surface area contributed by atoms with Gasteiger partial charge in [0, 0.05) is 18.5 Å². The Bertz CT molecular complexity index is 266. The van der Waals surface area contributed by atoms with E-state index >= 15 is 0 Å². The van der Waals surface area contributed by atoms with Crippen LogP contribution in [0.1, 0.15) is 52.4 Å². The molecule has 3 heteroatoms. The first-order valence-electron chi connectivity index (χ1n) is 7.69. The molecule has 1 saturated carbocycles. The summed E-state index contributed by atoms with van der Waals surface area (Å²) in [5, 5.41) is 3.35. The van der Waals surface area contributed by atoms with Crippen molar-refractivity contribution in [3.63, 3.8) is 0 Å². The molecule has 1 heterocycles. The Hall–Kier alpha value is -0.570. The van der Waals surface area contributed by atoms with Crippen molar-refractivity contribution >= 4 is 5.91 Å². The Kier molecular flexibility index (Phi) is 5.04. The molecule has 1 aliphatic heterocycles. The minimum Gasteiger partial charge on any atom is -0.339 e. The van der Waals surface area contributed by atoms with Gasteiger partial charge in [0.25, 0.3) is 0 Å². The third-order valence-electron chi connectivity index (χ3n) is 4.30. The predicted molar refractivity (Wildman–Crippen MR) is 74.4 cm³/mol. The number of hydrogen-bond donors (Lipinski definition) is 1. The highest BCUT2D eigenvalue weighted by Crippen LogP contribution is 2.27. The van der Waals surface area contributed by atoms with Gasteiger partial charge in [-0.2, -0.15) is 0 Å². The number of carbonyl (C=O) groups is 1. The molecule has 1 aliphatic carbocycles. The van der Waals surface area contributed by atoms with Crippen LogP contribution < -0.4 is 5.32 Å². The molecule has 2 rings (SSSR count). The second-order valence-electron chi connectivity index (χ2n) is 6.35. The van der Waals surface area contributed by atoms with Crippen molar-refractivity contribution in [1.82, 2.24) is 10.2 Å². The Morgan fingerprint density at radius 2 is 1.78 bits per heavy atom. The van der Waals surface area contributed by atoms with E-state index in [1.54, 1.807) is 0 Å². The summed E-state index contributed by atoms with van der Waals surface area (Å²) in [6.07, 6.45) is 7.12. The van der Waals surface area contributed by atoms with E-state index in [9.17, 15) is 4.79 Å². The van der Waals surface area contributed by atoms with Gasteiger partial charge in [0.15, 0.2) is 0 Å². The lowest BCUT2D eigenvalue weighted by Crippen LogP contribution is -2.46. The van der Waals surface area contributed by atoms with Gasteiger partial charge in [0.05, 0.1) is 0 Å².